The van der Waals surface area contributed by atoms with Crippen molar-refractivity contribution in [2.75, 3.05) is 5.32 Å². The molecule has 1 heterocycles. The van der Waals surface area contributed by atoms with Gasteiger partial charge < -0.3 is 10.1 Å². The molecule has 2 aromatic carbocycles. The Morgan fingerprint density at radius 3 is 2.38 bits per heavy atom. The van der Waals surface area contributed by atoms with Crippen molar-refractivity contribution in [2.45, 2.75) is 12.3 Å². The summed E-state index contributed by atoms with van der Waals surface area (Å²) < 4.78 is 44.0. The zero-order valence-electron chi connectivity index (χ0n) is 14.9. The molecule has 1 amide bonds. The molecule has 0 aliphatic heterocycles. The number of hydrogen-bond donors (Lipinski definition) is 1. The molecule has 0 aliphatic rings. The molecule has 148 valence electrons. The van der Waals surface area contributed by atoms with Crippen LogP contribution >= 0.6 is 0 Å². The van der Waals surface area contributed by atoms with Crippen molar-refractivity contribution >= 4 is 17.6 Å². The third kappa shape index (κ3) is 5.19. The van der Waals surface area contributed by atoms with Gasteiger partial charge in [0.1, 0.15) is 0 Å². The lowest BCUT2D eigenvalue weighted by Gasteiger charge is -2.18. The molecule has 29 heavy (non-hydrogen) atoms. The van der Waals surface area contributed by atoms with Crippen molar-refractivity contribution in [3.8, 4) is 0 Å². The smallest absolute Gasteiger partial charge is 0.416 e. The largest absolute Gasteiger partial charge is 0.444 e. The summed E-state index contributed by atoms with van der Waals surface area (Å²) in [4.78, 5) is 29.0. The maximum atomic E-state index is 12.9. The topological polar surface area (TPSA) is 68.3 Å². The first-order valence-electron chi connectivity index (χ1n) is 8.48. The van der Waals surface area contributed by atoms with E-state index in [1.807, 2.05) is 0 Å². The normalized spacial score (nSPS) is 12.1. The van der Waals surface area contributed by atoms with Crippen molar-refractivity contribution in [3.63, 3.8) is 0 Å². The van der Waals surface area contributed by atoms with E-state index in [2.05, 4.69) is 10.3 Å². The van der Waals surface area contributed by atoms with Crippen LogP contribution < -0.4 is 5.32 Å². The van der Waals surface area contributed by atoms with Crippen molar-refractivity contribution in [3.05, 3.63) is 95.8 Å². The lowest BCUT2D eigenvalue weighted by molar-refractivity contribution is -0.137. The monoisotopic (exact) mass is 400 g/mol. The highest BCUT2D eigenvalue weighted by atomic mass is 19.4. The number of aromatic nitrogens is 1. The minimum absolute atomic E-state index is 0.0665. The van der Waals surface area contributed by atoms with E-state index in [0.29, 0.717) is 5.56 Å². The number of esters is 1. The van der Waals surface area contributed by atoms with Gasteiger partial charge in [0.05, 0.1) is 11.1 Å². The summed E-state index contributed by atoms with van der Waals surface area (Å²) in [5.74, 6) is -1.57. The first-order chi connectivity index (χ1) is 13.8. The summed E-state index contributed by atoms with van der Waals surface area (Å²) in [6.07, 6.45) is -3.15. The van der Waals surface area contributed by atoms with E-state index in [1.54, 1.807) is 30.3 Å². The van der Waals surface area contributed by atoms with Crippen molar-refractivity contribution in [1.29, 1.82) is 0 Å². The van der Waals surface area contributed by atoms with Gasteiger partial charge in [-0.2, -0.15) is 13.2 Å². The second-order valence-electron chi connectivity index (χ2n) is 6.01. The zero-order valence-corrected chi connectivity index (χ0v) is 14.9. The third-order valence-corrected chi connectivity index (χ3v) is 3.92. The molecule has 3 rings (SSSR count). The highest BCUT2D eigenvalue weighted by Gasteiger charge is 2.31. The molecule has 5 nitrogen and oxygen atoms in total. The Kier molecular flexibility index (Phi) is 5.92. The summed E-state index contributed by atoms with van der Waals surface area (Å²) in [5.41, 5.74) is -0.461. The molecule has 0 unspecified atom stereocenters. The van der Waals surface area contributed by atoms with Gasteiger partial charge in [-0.25, -0.2) is 4.79 Å². The number of carbonyl (C=O) groups is 2. The number of nitrogens with zero attached hydrogens (tertiary/aromatic N) is 1. The van der Waals surface area contributed by atoms with Gasteiger partial charge in [-0.3, -0.25) is 9.78 Å². The second-order valence-corrected chi connectivity index (χ2v) is 6.01. The quantitative estimate of drug-likeness (QED) is 0.634. The summed E-state index contributed by atoms with van der Waals surface area (Å²) in [5, 5.41) is 2.38. The molecule has 3 aromatic rings. The Balaban J connectivity index is 1.85. The third-order valence-electron chi connectivity index (χ3n) is 3.92. The van der Waals surface area contributed by atoms with Crippen LogP contribution in [0.4, 0.5) is 18.9 Å². The molecule has 1 atom stereocenters. The Morgan fingerprint density at radius 1 is 0.966 bits per heavy atom. The molecule has 8 heteroatoms. The van der Waals surface area contributed by atoms with Crippen molar-refractivity contribution in [2.24, 2.45) is 0 Å². The molecule has 0 radical (unpaired) electrons. The summed E-state index contributed by atoms with van der Waals surface area (Å²) in [6, 6.07) is 15.4. The highest BCUT2D eigenvalue weighted by Crippen LogP contribution is 2.31. The minimum Gasteiger partial charge on any atom is -0.444 e. The summed E-state index contributed by atoms with van der Waals surface area (Å²) in [7, 11) is 0. The fourth-order valence-corrected chi connectivity index (χ4v) is 2.54. The molecule has 1 N–H and O–H groups in total. The van der Waals surface area contributed by atoms with E-state index in [1.165, 1.54) is 36.7 Å². The van der Waals surface area contributed by atoms with Crippen LogP contribution in [0.5, 0.6) is 0 Å². The van der Waals surface area contributed by atoms with Gasteiger partial charge in [-0.15, -0.1) is 0 Å². The van der Waals surface area contributed by atoms with Crippen LogP contribution in [0.3, 0.4) is 0 Å². The number of carbonyl (C=O) groups excluding carboxylic acids is 2. The fraction of sp³-hybridized carbons (Fsp3) is 0.0952. The molecular weight excluding hydrogens is 385 g/mol. The number of benzene rings is 2. The minimum atomic E-state index is -4.55. The Bertz CT molecular complexity index is 993. The average Bonchev–Trinajstić information content (AvgIpc) is 2.72. The van der Waals surface area contributed by atoms with Crippen LogP contribution in [0, 0.1) is 0 Å². The molecule has 0 saturated carbocycles. The number of pyridine rings is 1. The highest BCUT2D eigenvalue weighted by molar-refractivity contribution is 5.98. The molecular formula is C21H15F3N2O3. The van der Waals surface area contributed by atoms with E-state index >= 15 is 0 Å². The predicted octanol–water partition coefficient (Wildman–Crippen LogP) is 4.64. The van der Waals surface area contributed by atoms with E-state index < -0.39 is 29.7 Å². The van der Waals surface area contributed by atoms with Crippen LogP contribution in [0.2, 0.25) is 0 Å². The van der Waals surface area contributed by atoms with Crippen LogP contribution in [0.1, 0.15) is 27.6 Å². The maximum absolute atomic E-state index is 12.9. The Hall–Kier alpha value is -3.68. The van der Waals surface area contributed by atoms with Gasteiger partial charge in [0.2, 0.25) is 6.10 Å². The van der Waals surface area contributed by atoms with Gasteiger partial charge in [0, 0.05) is 23.6 Å². The number of hydrogen-bond acceptors (Lipinski definition) is 4. The predicted molar refractivity (Wildman–Crippen MR) is 98.9 cm³/mol. The van der Waals surface area contributed by atoms with E-state index in [4.69, 9.17) is 4.74 Å². The SMILES string of the molecule is O=C(O[C@@H](C(=O)Nc1cccc(C(F)(F)F)c1)c1ccccc1)c1cccnc1. The van der Waals surface area contributed by atoms with E-state index in [-0.39, 0.29) is 11.3 Å². The molecule has 0 aliphatic carbocycles. The van der Waals surface area contributed by atoms with Crippen LogP contribution in [-0.4, -0.2) is 16.9 Å². The van der Waals surface area contributed by atoms with Gasteiger partial charge in [-0.1, -0.05) is 36.4 Å². The summed E-state index contributed by atoms with van der Waals surface area (Å²) >= 11 is 0. The lowest BCUT2D eigenvalue weighted by atomic mass is 10.1. The summed E-state index contributed by atoms with van der Waals surface area (Å²) in [6.45, 7) is 0. The van der Waals surface area contributed by atoms with E-state index in [9.17, 15) is 22.8 Å². The van der Waals surface area contributed by atoms with Gasteiger partial charge in [-0.05, 0) is 30.3 Å². The molecule has 0 spiro atoms. The van der Waals surface area contributed by atoms with Gasteiger partial charge in [0.15, 0.2) is 0 Å². The van der Waals surface area contributed by atoms with Crippen LogP contribution in [0.25, 0.3) is 0 Å². The molecule has 0 bridgehead atoms. The number of anilines is 1. The van der Waals surface area contributed by atoms with Crippen molar-refractivity contribution < 1.29 is 27.5 Å². The van der Waals surface area contributed by atoms with Crippen LogP contribution in [0.15, 0.2) is 79.1 Å². The standard InChI is InChI=1S/C21H15F3N2O3/c22-21(23,24)16-9-4-10-17(12-16)26-19(27)18(14-6-2-1-3-7-14)29-20(28)15-8-5-11-25-13-15/h1-13,18H,(H,26,27)/t18-/m1/s1. The first kappa shape index (κ1) is 20.1. The number of rotatable bonds is 5. The molecule has 0 fully saturated rings. The van der Waals surface area contributed by atoms with Gasteiger partial charge >= 0.3 is 12.1 Å². The number of alkyl halides is 3. The lowest BCUT2D eigenvalue weighted by Crippen LogP contribution is -2.26. The average molecular weight is 400 g/mol. The molecule has 1 aromatic heterocycles. The fourth-order valence-electron chi connectivity index (χ4n) is 2.54. The van der Waals surface area contributed by atoms with Crippen LogP contribution in [-0.2, 0) is 15.7 Å². The maximum Gasteiger partial charge on any atom is 0.416 e. The van der Waals surface area contributed by atoms with E-state index in [0.717, 1.165) is 12.1 Å². The Morgan fingerprint density at radius 2 is 1.72 bits per heavy atom. The number of ether oxygens (including phenoxy) is 1. The first-order valence-corrected chi connectivity index (χ1v) is 8.48. The van der Waals surface area contributed by atoms with Crippen molar-refractivity contribution in [1.82, 2.24) is 4.98 Å². The second kappa shape index (κ2) is 8.55. The number of nitrogens with one attached hydrogen (secondary N) is 1. The number of halogens is 3. The Labute approximate surface area is 164 Å². The molecule has 0 saturated heterocycles. The zero-order chi connectivity index (χ0) is 20.9. The number of amides is 1. The van der Waals surface area contributed by atoms with Gasteiger partial charge in [0.25, 0.3) is 5.91 Å².